The maximum Gasteiger partial charge on any atom is 0.315 e. The van der Waals surface area contributed by atoms with Crippen LogP contribution in [0.3, 0.4) is 0 Å². The van der Waals surface area contributed by atoms with E-state index in [1.54, 1.807) is 11.3 Å². The molecule has 0 fully saturated rings. The molecular formula is C16H23N3O2S. The second-order valence-corrected chi connectivity index (χ2v) is 6.34. The first-order valence-electron chi connectivity index (χ1n) is 7.26. The third-order valence-corrected chi connectivity index (χ3v) is 4.24. The number of furan rings is 1. The number of hydrogen-bond donors (Lipinski definition) is 2. The lowest BCUT2D eigenvalue weighted by molar-refractivity contribution is 0.228. The number of nitrogens with zero attached hydrogens (tertiary/aromatic N) is 1. The first-order chi connectivity index (χ1) is 10.5. The Kier molecular flexibility index (Phi) is 5.63. The van der Waals surface area contributed by atoms with Crippen LogP contribution in [-0.2, 0) is 0 Å². The summed E-state index contributed by atoms with van der Waals surface area (Å²) >= 11 is 1.66. The van der Waals surface area contributed by atoms with Crippen molar-refractivity contribution < 1.29 is 9.21 Å². The molecule has 0 aromatic carbocycles. The van der Waals surface area contributed by atoms with E-state index in [0.717, 1.165) is 11.5 Å². The van der Waals surface area contributed by atoms with Crippen LogP contribution in [0.5, 0.6) is 0 Å². The van der Waals surface area contributed by atoms with Crippen molar-refractivity contribution >= 4 is 17.4 Å². The van der Waals surface area contributed by atoms with E-state index in [9.17, 15) is 4.79 Å². The van der Waals surface area contributed by atoms with Crippen LogP contribution in [-0.4, -0.2) is 31.6 Å². The van der Waals surface area contributed by atoms with Gasteiger partial charge in [-0.3, -0.25) is 0 Å². The molecule has 2 heterocycles. The van der Waals surface area contributed by atoms with Crippen LogP contribution in [0.15, 0.2) is 33.4 Å². The number of amides is 2. The Labute approximate surface area is 135 Å². The topological polar surface area (TPSA) is 57.5 Å². The summed E-state index contributed by atoms with van der Waals surface area (Å²) in [5.74, 6) is 1.60. The van der Waals surface area contributed by atoms with E-state index in [2.05, 4.69) is 27.0 Å². The van der Waals surface area contributed by atoms with Crippen LogP contribution in [0.25, 0.3) is 0 Å². The van der Waals surface area contributed by atoms with Gasteiger partial charge in [0.15, 0.2) is 0 Å². The summed E-state index contributed by atoms with van der Waals surface area (Å²) in [6.07, 6.45) is 0. The van der Waals surface area contributed by atoms with Crippen molar-refractivity contribution in [3.63, 3.8) is 0 Å². The normalized spacial score (nSPS) is 13.9. The molecule has 0 aliphatic heterocycles. The van der Waals surface area contributed by atoms with Gasteiger partial charge in [0.25, 0.3) is 0 Å². The third kappa shape index (κ3) is 4.35. The van der Waals surface area contributed by atoms with Crippen molar-refractivity contribution in [2.45, 2.75) is 25.9 Å². The summed E-state index contributed by atoms with van der Waals surface area (Å²) in [6.45, 7) is 4.35. The van der Waals surface area contributed by atoms with Crippen molar-refractivity contribution in [2.75, 3.05) is 20.6 Å². The van der Waals surface area contributed by atoms with Gasteiger partial charge >= 0.3 is 6.03 Å². The summed E-state index contributed by atoms with van der Waals surface area (Å²) in [4.78, 5) is 14.1. The maximum absolute atomic E-state index is 12.1. The molecule has 2 atom stereocenters. The molecule has 2 N–H and O–H groups in total. The Hall–Kier alpha value is -1.79. The summed E-state index contributed by atoms with van der Waals surface area (Å²) in [5.41, 5.74) is 1.21. The fourth-order valence-electron chi connectivity index (χ4n) is 2.26. The number of rotatable bonds is 6. The van der Waals surface area contributed by atoms with Gasteiger partial charge < -0.3 is 20.0 Å². The van der Waals surface area contributed by atoms with Gasteiger partial charge in [-0.05, 0) is 62.5 Å². The fraction of sp³-hybridized carbons (Fsp3) is 0.438. The van der Waals surface area contributed by atoms with Crippen LogP contribution < -0.4 is 10.6 Å². The largest absolute Gasteiger partial charge is 0.464 e. The molecule has 0 aliphatic rings. The standard InChI is InChI=1S/C16H23N3O2S/c1-11-5-6-15(21-11)12(2)18-16(20)17-9-14(19(3)4)13-7-8-22-10-13/h5-8,10,12,14H,9H2,1-4H3,(H2,17,18,20)/t12-,14+/m1/s1. The molecule has 2 amide bonds. The van der Waals surface area contributed by atoms with Gasteiger partial charge in [0.1, 0.15) is 11.5 Å². The summed E-state index contributed by atoms with van der Waals surface area (Å²) < 4.78 is 5.52. The predicted molar refractivity (Wildman–Crippen MR) is 89.1 cm³/mol. The molecule has 0 bridgehead atoms. The van der Waals surface area contributed by atoms with Crippen LogP contribution in [0.1, 0.15) is 36.1 Å². The molecule has 120 valence electrons. The van der Waals surface area contributed by atoms with Crippen molar-refractivity contribution in [1.82, 2.24) is 15.5 Å². The molecule has 0 aliphatic carbocycles. The van der Waals surface area contributed by atoms with Gasteiger partial charge in [0, 0.05) is 6.54 Å². The second-order valence-electron chi connectivity index (χ2n) is 5.56. The molecular weight excluding hydrogens is 298 g/mol. The fourth-order valence-corrected chi connectivity index (χ4v) is 2.96. The highest BCUT2D eigenvalue weighted by molar-refractivity contribution is 7.07. The first kappa shape index (κ1) is 16.6. The Morgan fingerprint density at radius 1 is 1.36 bits per heavy atom. The number of thiophene rings is 1. The number of likely N-dealkylation sites (N-methyl/N-ethyl adjacent to an activating group) is 1. The number of urea groups is 1. The van der Waals surface area contributed by atoms with E-state index >= 15 is 0 Å². The van der Waals surface area contributed by atoms with Gasteiger partial charge in [-0.2, -0.15) is 11.3 Å². The molecule has 0 saturated carbocycles. The minimum Gasteiger partial charge on any atom is -0.464 e. The lowest BCUT2D eigenvalue weighted by Crippen LogP contribution is -2.41. The van der Waals surface area contributed by atoms with Crippen molar-refractivity contribution in [2.24, 2.45) is 0 Å². The number of carbonyl (C=O) groups is 1. The minimum atomic E-state index is -0.191. The Morgan fingerprint density at radius 2 is 2.14 bits per heavy atom. The van der Waals surface area contributed by atoms with Crippen LogP contribution in [0.4, 0.5) is 4.79 Å². The van der Waals surface area contributed by atoms with Crippen LogP contribution >= 0.6 is 11.3 Å². The van der Waals surface area contributed by atoms with Gasteiger partial charge in [-0.25, -0.2) is 4.79 Å². The lowest BCUT2D eigenvalue weighted by Gasteiger charge is -2.24. The zero-order valence-electron chi connectivity index (χ0n) is 13.4. The highest BCUT2D eigenvalue weighted by atomic mass is 32.1. The van der Waals surface area contributed by atoms with Crippen molar-refractivity contribution in [3.8, 4) is 0 Å². The Balaban J connectivity index is 1.86. The van der Waals surface area contributed by atoms with E-state index in [4.69, 9.17) is 4.42 Å². The van der Waals surface area contributed by atoms with Crippen molar-refractivity contribution in [3.05, 3.63) is 46.0 Å². The van der Waals surface area contributed by atoms with E-state index in [0.29, 0.717) is 6.54 Å². The van der Waals surface area contributed by atoms with E-state index in [1.807, 2.05) is 45.5 Å². The van der Waals surface area contributed by atoms with Gasteiger partial charge in [-0.1, -0.05) is 0 Å². The second kappa shape index (κ2) is 7.47. The van der Waals surface area contributed by atoms with Gasteiger partial charge in [-0.15, -0.1) is 0 Å². The molecule has 5 nitrogen and oxygen atoms in total. The maximum atomic E-state index is 12.1. The number of aryl methyl sites for hydroxylation is 1. The monoisotopic (exact) mass is 321 g/mol. The molecule has 2 rings (SSSR count). The SMILES string of the molecule is Cc1ccc([C@@H](C)NC(=O)NC[C@@H](c2ccsc2)N(C)C)o1. The van der Waals surface area contributed by atoms with E-state index < -0.39 is 0 Å². The Morgan fingerprint density at radius 3 is 2.68 bits per heavy atom. The minimum absolute atomic E-state index is 0.160. The quantitative estimate of drug-likeness (QED) is 0.858. The first-order valence-corrected chi connectivity index (χ1v) is 8.21. The summed E-state index contributed by atoms with van der Waals surface area (Å²) in [7, 11) is 4.02. The predicted octanol–water partition coefficient (Wildman–Crippen LogP) is 3.31. The smallest absolute Gasteiger partial charge is 0.315 e. The summed E-state index contributed by atoms with van der Waals surface area (Å²) in [6, 6.07) is 5.68. The summed E-state index contributed by atoms with van der Waals surface area (Å²) in [5, 5.41) is 9.98. The van der Waals surface area contributed by atoms with Gasteiger partial charge in [0.2, 0.25) is 0 Å². The molecule has 0 unspecified atom stereocenters. The van der Waals surface area contributed by atoms with Crippen LogP contribution in [0, 0.1) is 6.92 Å². The van der Waals surface area contributed by atoms with Crippen molar-refractivity contribution in [1.29, 1.82) is 0 Å². The molecule has 0 radical (unpaired) electrons. The molecule has 0 saturated heterocycles. The molecule has 6 heteroatoms. The number of carbonyl (C=O) groups excluding carboxylic acids is 1. The number of hydrogen-bond acceptors (Lipinski definition) is 4. The zero-order chi connectivity index (χ0) is 16.1. The molecule has 22 heavy (non-hydrogen) atoms. The highest BCUT2D eigenvalue weighted by Gasteiger charge is 2.17. The molecule has 2 aromatic heterocycles. The van der Waals surface area contributed by atoms with E-state index in [-0.39, 0.29) is 18.1 Å². The zero-order valence-corrected chi connectivity index (χ0v) is 14.2. The van der Waals surface area contributed by atoms with E-state index in [1.165, 1.54) is 5.56 Å². The number of nitrogens with one attached hydrogen (secondary N) is 2. The molecule has 0 spiro atoms. The third-order valence-electron chi connectivity index (χ3n) is 3.54. The highest BCUT2D eigenvalue weighted by Crippen LogP contribution is 2.20. The average molecular weight is 321 g/mol. The molecule has 2 aromatic rings. The van der Waals surface area contributed by atoms with Gasteiger partial charge in [0.05, 0.1) is 12.1 Å². The average Bonchev–Trinajstić information content (AvgIpc) is 3.10. The Bertz CT molecular complexity index is 592. The lowest BCUT2D eigenvalue weighted by atomic mass is 10.1. The van der Waals surface area contributed by atoms with Crippen LogP contribution in [0.2, 0.25) is 0 Å².